The number of aromatic nitrogens is 5. The predicted octanol–water partition coefficient (Wildman–Crippen LogP) is 14.6. The van der Waals surface area contributed by atoms with Crippen LogP contribution in [0.3, 0.4) is 0 Å². The zero-order chi connectivity index (χ0) is 41.4. The molecule has 0 atom stereocenters. The van der Waals surface area contributed by atoms with E-state index >= 15 is 0 Å². The lowest BCUT2D eigenvalue weighted by atomic mass is 9.97. The molecule has 0 saturated carbocycles. The molecule has 0 unspecified atom stereocenters. The zero-order valence-electron chi connectivity index (χ0n) is 33.9. The molecule has 0 aliphatic carbocycles. The fourth-order valence-corrected chi connectivity index (χ4v) is 9.45. The van der Waals surface area contributed by atoms with Crippen LogP contribution in [0.1, 0.15) is 0 Å². The lowest BCUT2D eigenvalue weighted by Gasteiger charge is -2.12. The average molecular weight is 806 g/mol. The Morgan fingerprint density at radius 3 is 1.67 bits per heavy atom. The third kappa shape index (κ3) is 5.69. The number of rotatable bonds is 6. The first-order chi connectivity index (χ1) is 31.2. The van der Waals surface area contributed by atoms with E-state index < -0.39 is 0 Å². The first-order valence-corrected chi connectivity index (χ1v) is 21.2. The largest absolute Gasteiger partial charge is 0.454 e. The SMILES string of the molecule is c1ccc(-c2cc(-c3ccccc3)nc(-n3c4ccccc4c4ccc(-c5cccc(-c6ccc7c(c6)c6ccccc6n7-c6ccc7oc8cccnc8c7c6)c5)cc43)n2)cc1. The Bertz CT molecular complexity index is 3860. The summed E-state index contributed by atoms with van der Waals surface area (Å²) in [4.78, 5) is 15.2. The predicted molar refractivity (Wildman–Crippen MR) is 258 cm³/mol. The van der Waals surface area contributed by atoms with Crippen molar-refractivity contribution in [1.82, 2.24) is 24.1 Å². The Balaban J connectivity index is 0.942. The van der Waals surface area contributed by atoms with Crippen molar-refractivity contribution in [2.75, 3.05) is 0 Å². The van der Waals surface area contributed by atoms with Crippen LogP contribution < -0.4 is 0 Å². The maximum atomic E-state index is 6.13. The summed E-state index contributed by atoms with van der Waals surface area (Å²) in [5, 5.41) is 5.71. The van der Waals surface area contributed by atoms with Crippen molar-refractivity contribution in [3.8, 4) is 56.4 Å². The lowest BCUT2D eigenvalue weighted by molar-refractivity contribution is 0.668. The molecule has 0 spiro atoms. The topological polar surface area (TPSA) is 61.7 Å². The Labute approximate surface area is 361 Å². The number of furan rings is 1. The molecule has 0 fully saturated rings. The molecule has 5 heterocycles. The maximum Gasteiger partial charge on any atom is 0.235 e. The van der Waals surface area contributed by atoms with E-state index in [1.807, 2.05) is 30.5 Å². The summed E-state index contributed by atoms with van der Waals surface area (Å²) in [6, 6.07) is 72.8. The van der Waals surface area contributed by atoms with Gasteiger partial charge in [0.2, 0.25) is 5.95 Å². The molecule has 13 aromatic rings. The molecule has 0 aliphatic heterocycles. The molecule has 6 nitrogen and oxygen atoms in total. The number of fused-ring (bicyclic) bond motifs is 9. The summed E-state index contributed by atoms with van der Waals surface area (Å²) >= 11 is 0. The van der Waals surface area contributed by atoms with Crippen LogP contribution >= 0.6 is 0 Å². The normalized spacial score (nSPS) is 11.8. The van der Waals surface area contributed by atoms with Gasteiger partial charge in [-0.05, 0) is 95.1 Å². The average Bonchev–Trinajstić information content (AvgIpc) is 4.01. The fourth-order valence-electron chi connectivity index (χ4n) is 9.45. The molecule has 0 aliphatic rings. The van der Waals surface area contributed by atoms with Crippen LogP contribution in [-0.4, -0.2) is 24.1 Å². The highest BCUT2D eigenvalue weighted by Gasteiger charge is 2.19. The van der Waals surface area contributed by atoms with Crippen LogP contribution in [0.15, 0.2) is 217 Å². The van der Waals surface area contributed by atoms with Gasteiger partial charge in [0.25, 0.3) is 0 Å². The van der Waals surface area contributed by atoms with Gasteiger partial charge in [0.05, 0.1) is 33.5 Å². The molecular weight excluding hydrogens is 771 g/mol. The van der Waals surface area contributed by atoms with Crippen molar-refractivity contribution in [2.45, 2.75) is 0 Å². The van der Waals surface area contributed by atoms with Crippen molar-refractivity contribution >= 4 is 65.7 Å². The minimum Gasteiger partial charge on any atom is -0.454 e. The van der Waals surface area contributed by atoms with Gasteiger partial charge in [-0.1, -0.05) is 133 Å². The van der Waals surface area contributed by atoms with Crippen LogP contribution in [0.25, 0.3) is 122 Å². The highest BCUT2D eigenvalue weighted by atomic mass is 16.3. The van der Waals surface area contributed by atoms with Gasteiger partial charge in [-0.2, -0.15) is 0 Å². The number of hydrogen-bond donors (Lipinski definition) is 0. The molecule has 0 radical (unpaired) electrons. The first kappa shape index (κ1) is 35.2. The molecule has 294 valence electrons. The lowest BCUT2D eigenvalue weighted by Crippen LogP contribution is -2.04. The van der Waals surface area contributed by atoms with Gasteiger partial charge in [0, 0.05) is 49.9 Å². The number of pyridine rings is 1. The smallest absolute Gasteiger partial charge is 0.235 e. The minimum atomic E-state index is 0.634. The van der Waals surface area contributed by atoms with Crippen molar-refractivity contribution in [2.24, 2.45) is 0 Å². The molecule has 0 N–H and O–H groups in total. The highest BCUT2D eigenvalue weighted by Crippen LogP contribution is 2.39. The quantitative estimate of drug-likeness (QED) is 0.168. The summed E-state index contributed by atoms with van der Waals surface area (Å²) in [5.41, 5.74) is 16.4. The van der Waals surface area contributed by atoms with Crippen molar-refractivity contribution < 1.29 is 4.42 Å². The molecule has 0 amide bonds. The number of nitrogens with zero attached hydrogens (tertiary/aromatic N) is 5. The van der Waals surface area contributed by atoms with E-state index in [0.29, 0.717) is 5.95 Å². The van der Waals surface area contributed by atoms with Crippen molar-refractivity contribution in [3.05, 3.63) is 212 Å². The molecule has 6 heteroatoms. The molecule has 63 heavy (non-hydrogen) atoms. The Hall–Kier alpha value is -8.61. The first-order valence-electron chi connectivity index (χ1n) is 21.2. The van der Waals surface area contributed by atoms with Crippen LogP contribution in [-0.2, 0) is 0 Å². The molecular formula is C57H35N5O. The summed E-state index contributed by atoms with van der Waals surface area (Å²) in [6.07, 6.45) is 1.82. The van der Waals surface area contributed by atoms with Crippen LogP contribution in [0.5, 0.6) is 0 Å². The van der Waals surface area contributed by atoms with Gasteiger partial charge in [-0.3, -0.25) is 9.55 Å². The summed E-state index contributed by atoms with van der Waals surface area (Å²) in [7, 11) is 0. The van der Waals surface area contributed by atoms with Gasteiger partial charge in [-0.25, -0.2) is 9.97 Å². The standard InChI is InChI=1S/C57H35N5O/c1-3-13-36(14-4-1)48-35-49(37-15-5-2-6-16-37)60-57(59-48)62-51-22-10-7-19-43(51)45-27-24-41(33-53(45)62)39-18-11-17-38(31-39)40-25-28-52-46(32-40)44-20-8-9-21-50(44)61(52)42-26-29-54-47(34-42)56-55(63-54)23-12-30-58-56/h1-35H. The second-order valence-corrected chi connectivity index (χ2v) is 16.1. The maximum absolute atomic E-state index is 6.13. The van der Waals surface area contributed by atoms with E-state index in [4.69, 9.17) is 14.4 Å². The van der Waals surface area contributed by atoms with Gasteiger partial charge >= 0.3 is 0 Å². The van der Waals surface area contributed by atoms with Gasteiger partial charge in [0.1, 0.15) is 11.1 Å². The fraction of sp³-hybridized carbons (Fsp3) is 0. The van der Waals surface area contributed by atoms with Crippen LogP contribution in [0, 0.1) is 0 Å². The minimum absolute atomic E-state index is 0.634. The number of hydrogen-bond acceptors (Lipinski definition) is 4. The van der Waals surface area contributed by atoms with E-state index in [1.54, 1.807) is 0 Å². The van der Waals surface area contributed by atoms with Crippen LogP contribution in [0.4, 0.5) is 0 Å². The van der Waals surface area contributed by atoms with E-state index in [0.717, 1.165) is 105 Å². The van der Waals surface area contributed by atoms with E-state index in [2.05, 4.69) is 196 Å². The number of benzene rings is 8. The van der Waals surface area contributed by atoms with Gasteiger partial charge in [0.15, 0.2) is 5.58 Å². The molecule has 8 aromatic carbocycles. The summed E-state index contributed by atoms with van der Waals surface area (Å²) in [5.74, 6) is 0.634. The monoisotopic (exact) mass is 805 g/mol. The Morgan fingerprint density at radius 1 is 0.333 bits per heavy atom. The third-order valence-electron chi connectivity index (χ3n) is 12.4. The molecule has 13 rings (SSSR count). The second kappa shape index (κ2) is 14.0. The van der Waals surface area contributed by atoms with E-state index in [-0.39, 0.29) is 0 Å². The summed E-state index contributed by atoms with van der Waals surface area (Å²) in [6.45, 7) is 0. The van der Waals surface area contributed by atoms with Crippen molar-refractivity contribution in [3.63, 3.8) is 0 Å². The highest BCUT2D eigenvalue weighted by molar-refractivity contribution is 6.12. The third-order valence-corrected chi connectivity index (χ3v) is 12.4. The Morgan fingerprint density at radius 2 is 0.921 bits per heavy atom. The van der Waals surface area contributed by atoms with E-state index in [1.165, 1.54) is 10.8 Å². The zero-order valence-corrected chi connectivity index (χ0v) is 33.9. The molecule has 5 aromatic heterocycles. The molecule has 0 saturated heterocycles. The van der Waals surface area contributed by atoms with Crippen LogP contribution in [0.2, 0.25) is 0 Å². The second-order valence-electron chi connectivity index (χ2n) is 16.1. The summed E-state index contributed by atoms with van der Waals surface area (Å²) < 4.78 is 10.7. The van der Waals surface area contributed by atoms with Gasteiger partial charge < -0.3 is 8.98 Å². The Kier molecular flexibility index (Phi) is 7.80. The number of para-hydroxylation sites is 2. The van der Waals surface area contributed by atoms with Gasteiger partial charge in [-0.15, -0.1) is 0 Å². The van der Waals surface area contributed by atoms with Crippen molar-refractivity contribution in [1.29, 1.82) is 0 Å². The van der Waals surface area contributed by atoms with E-state index in [9.17, 15) is 0 Å². The molecule has 0 bridgehead atoms.